The van der Waals surface area contributed by atoms with E-state index in [4.69, 9.17) is 0 Å². The van der Waals surface area contributed by atoms with Gasteiger partial charge >= 0.3 is 0 Å². The van der Waals surface area contributed by atoms with Crippen LogP contribution < -0.4 is 0 Å². The van der Waals surface area contributed by atoms with Crippen molar-refractivity contribution in [2.24, 2.45) is 5.92 Å². The van der Waals surface area contributed by atoms with Crippen LogP contribution in [0.15, 0.2) is 91.1 Å². The molecule has 33 heavy (non-hydrogen) atoms. The maximum atomic E-state index is 14.3. The quantitative estimate of drug-likeness (QED) is 0.265. The molecule has 172 valence electrons. The van der Waals surface area contributed by atoms with Crippen LogP contribution in [0.4, 0.5) is 13.2 Å². The molecule has 3 rings (SSSR count). The topological polar surface area (TPSA) is 0 Å². The van der Waals surface area contributed by atoms with Crippen molar-refractivity contribution in [3.63, 3.8) is 0 Å². The largest absolute Gasteiger partial charge is 0.246 e. The normalized spacial score (nSPS) is 17.0. The third kappa shape index (κ3) is 6.04. The number of alkyl halides is 1. The number of benzene rings is 2. The zero-order valence-electron chi connectivity index (χ0n) is 19.2. The van der Waals surface area contributed by atoms with Gasteiger partial charge in [-0.2, -0.15) is 0 Å². The van der Waals surface area contributed by atoms with Crippen molar-refractivity contribution >= 4 is 5.57 Å². The highest BCUT2D eigenvalue weighted by Gasteiger charge is 2.16. The summed E-state index contributed by atoms with van der Waals surface area (Å²) in [5, 5.41) is 0. The Morgan fingerprint density at radius 1 is 1.03 bits per heavy atom. The maximum Gasteiger partial charge on any atom is 0.166 e. The van der Waals surface area contributed by atoms with E-state index in [0.29, 0.717) is 17.1 Å². The number of hydrogen-bond acceptors (Lipinski definition) is 0. The van der Waals surface area contributed by atoms with Gasteiger partial charge in [0.1, 0.15) is 6.67 Å². The standard InChI is InChI=1S/C30H31F3/c1-4-6-7-22-9-11-25(12-10-22)27(20-31)18-13-23(5-2)24-14-16-26(17-15-24)28-19-8-21(3)29(32)30(28)33/h4-5,8,11,13-19,22H,1-2,6-7,9-10,12,20H2,3H3/b23-13+,27-18+. The lowest BCUT2D eigenvalue weighted by Gasteiger charge is -2.22. The number of aryl methyl sites for hydroxylation is 1. The smallest absolute Gasteiger partial charge is 0.166 e. The van der Waals surface area contributed by atoms with E-state index >= 15 is 0 Å². The molecule has 0 nitrogen and oxygen atoms in total. The minimum atomic E-state index is -0.842. The van der Waals surface area contributed by atoms with Gasteiger partial charge in [0, 0.05) is 5.56 Å². The average Bonchev–Trinajstić information content (AvgIpc) is 2.85. The molecule has 1 aliphatic rings. The van der Waals surface area contributed by atoms with Gasteiger partial charge in [-0.3, -0.25) is 0 Å². The lowest BCUT2D eigenvalue weighted by Crippen LogP contribution is -2.07. The van der Waals surface area contributed by atoms with E-state index in [1.54, 1.807) is 30.3 Å². The summed E-state index contributed by atoms with van der Waals surface area (Å²) < 4.78 is 42.1. The molecule has 0 fully saturated rings. The van der Waals surface area contributed by atoms with Gasteiger partial charge in [0.2, 0.25) is 0 Å². The Morgan fingerprint density at radius 2 is 1.79 bits per heavy atom. The predicted molar refractivity (Wildman–Crippen MR) is 134 cm³/mol. The Balaban J connectivity index is 1.79. The Labute approximate surface area is 195 Å². The molecule has 0 bridgehead atoms. The third-order valence-corrected chi connectivity index (χ3v) is 6.34. The molecule has 0 radical (unpaired) electrons. The second kappa shape index (κ2) is 11.7. The summed E-state index contributed by atoms with van der Waals surface area (Å²) in [7, 11) is 0. The number of hydrogen-bond donors (Lipinski definition) is 0. The molecule has 1 unspecified atom stereocenters. The number of allylic oxidation sites excluding steroid dienone is 8. The SMILES string of the molecule is C=CCCC1CC=C(/C(=C/C=C(\C=C)c2ccc(-c3ccc(C)c(F)c3F)cc2)CF)CC1. The first kappa shape index (κ1) is 24.6. The van der Waals surface area contributed by atoms with Crippen molar-refractivity contribution < 1.29 is 13.2 Å². The van der Waals surface area contributed by atoms with Gasteiger partial charge in [-0.25, -0.2) is 13.2 Å². The molecule has 2 aromatic rings. The molecule has 0 spiro atoms. The Kier molecular flexibility index (Phi) is 8.71. The van der Waals surface area contributed by atoms with Crippen LogP contribution in [0.5, 0.6) is 0 Å². The van der Waals surface area contributed by atoms with Gasteiger partial charge in [-0.05, 0) is 78.4 Å². The fraction of sp³-hybridized carbons (Fsp3) is 0.267. The van der Waals surface area contributed by atoms with Crippen LogP contribution in [0.3, 0.4) is 0 Å². The van der Waals surface area contributed by atoms with Crippen molar-refractivity contribution in [2.75, 3.05) is 6.67 Å². The van der Waals surface area contributed by atoms with Gasteiger partial charge in [-0.1, -0.05) is 73.4 Å². The van der Waals surface area contributed by atoms with Crippen LogP contribution in [0.1, 0.15) is 43.2 Å². The minimum Gasteiger partial charge on any atom is -0.246 e. The maximum absolute atomic E-state index is 14.3. The van der Waals surface area contributed by atoms with Gasteiger partial charge in [0.05, 0.1) is 0 Å². The highest BCUT2D eigenvalue weighted by Crippen LogP contribution is 2.32. The van der Waals surface area contributed by atoms with E-state index in [-0.39, 0.29) is 11.1 Å². The number of rotatable bonds is 9. The lowest BCUT2D eigenvalue weighted by molar-refractivity contribution is 0.438. The summed E-state index contributed by atoms with van der Waals surface area (Å²) in [5.74, 6) is -1.02. The minimum absolute atomic E-state index is 0.226. The second-order valence-corrected chi connectivity index (χ2v) is 8.52. The monoisotopic (exact) mass is 448 g/mol. The first-order valence-corrected chi connectivity index (χ1v) is 11.4. The summed E-state index contributed by atoms with van der Waals surface area (Å²) in [5.41, 5.74) is 4.59. The van der Waals surface area contributed by atoms with Crippen LogP contribution in [0.25, 0.3) is 16.7 Å². The number of halogens is 3. The zero-order valence-corrected chi connectivity index (χ0v) is 19.2. The van der Waals surface area contributed by atoms with Crippen LogP contribution >= 0.6 is 0 Å². The molecule has 1 aliphatic carbocycles. The van der Waals surface area contributed by atoms with E-state index in [2.05, 4.69) is 19.2 Å². The first-order valence-electron chi connectivity index (χ1n) is 11.4. The highest BCUT2D eigenvalue weighted by atomic mass is 19.2. The van der Waals surface area contributed by atoms with Gasteiger partial charge in [0.15, 0.2) is 11.6 Å². The molecule has 0 saturated carbocycles. The summed E-state index contributed by atoms with van der Waals surface area (Å²) >= 11 is 0. The van der Waals surface area contributed by atoms with Gasteiger partial charge in [-0.15, -0.1) is 6.58 Å². The Morgan fingerprint density at radius 3 is 2.39 bits per heavy atom. The molecule has 2 aromatic carbocycles. The van der Waals surface area contributed by atoms with Gasteiger partial charge < -0.3 is 0 Å². The summed E-state index contributed by atoms with van der Waals surface area (Å²) in [4.78, 5) is 0. The van der Waals surface area contributed by atoms with Gasteiger partial charge in [0.25, 0.3) is 0 Å². The molecular formula is C30H31F3. The van der Waals surface area contributed by atoms with Crippen LogP contribution in [-0.2, 0) is 0 Å². The van der Waals surface area contributed by atoms with E-state index in [9.17, 15) is 13.2 Å². The zero-order chi connectivity index (χ0) is 23.8. The van der Waals surface area contributed by atoms with Crippen molar-refractivity contribution in [2.45, 2.75) is 39.0 Å². The first-order chi connectivity index (χ1) is 16.0. The fourth-order valence-corrected chi connectivity index (χ4v) is 4.22. The second-order valence-electron chi connectivity index (χ2n) is 8.52. The fourth-order valence-electron chi connectivity index (χ4n) is 4.22. The van der Waals surface area contributed by atoms with Crippen LogP contribution in [-0.4, -0.2) is 6.67 Å². The van der Waals surface area contributed by atoms with Crippen LogP contribution in [0.2, 0.25) is 0 Å². The van der Waals surface area contributed by atoms with E-state index in [1.807, 2.05) is 30.4 Å². The lowest BCUT2D eigenvalue weighted by atomic mass is 9.84. The molecule has 0 N–H and O–H groups in total. The molecule has 0 aliphatic heterocycles. The predicted octanol–water partition coefficient (Wildman–Crippen LogP) is 9.10. The van der Waals surface area contributed by atoms with Crippen molar-refractivity contribution in [3.8, 4) is 11.1 Å². The van der Waals surface area contributed by atoms with E-state index in [1.165, 1.54) is 6.92 Å². The molecular weight excluding hydrogens is 417 g/mol. The van der Waals surface area contributed by atoms with Crippen LogP contribution in [0, 0.1) is 24.5 Å². The molecule has 0 amide bonds. The van der Waals surface area contributed by atoms with Crippen molar-refractivity contribution in [1.82, 2.24) is 0 Å². The summed E-state index contributed by atoms with van der Waals surface area (Å²) in [6.45, 7) is 8.70. The molecule has 1 atom stereocenters. The molecule has 0 aromatic heterocycles. The average molecular weight is 449 g/mol. The molecule has 0 heterocycles. The Hall–Kier alpha value is -3.07. The molecule has 3 heteroatoms. The summed E-state index contributed by atoms with van der Waals surface area (Å²) in [6, 6.07) is 10.4. The summed E-state index contributed by atoms with van der Waals surface area (Å²) in [6.07, 6.45) is 14.7. The van der Waals surface area contributed by atoms with E-state index < -0.39 is 18.3 Å². The van der Waals surface area contributed by atoms with Crippen molar-refractivity contribution in [1.29, 1.82) is 0 Å². The third-order valence-electron chi connectivity index (χ3n) is 6.34. The Bertz CT molecular complexity index is 1080. The molecule has 0 saturated heterocycles. The van der Waals surface area contributed by atoms with E-state index in [0.717, 1.165) is 48.8 Å². The van der Waals surface area contributed by atoms with Crippen molar-refractivity contribution in [3.05, 3.63) is 114 Å². The highest BCUT2D eigenvalue weighted by molar-refractivity contribution is 5.77.